The van der Waals surface area contributed by atoms with Crippen molar-refractivity contribution in [3.05, 3.63) is 47.7 Å². The van der Waals surface area contributed by atoms with E-state index in [0.29, 0.717) is 12.4 Å². The molecule has 0 unspecified atom stereocenters. The summed E-state index contributed by atoms with van der Waals surface area (Å²) in [4.78, 5) is 31.0. The SMILES string of the molecule is CCOc1cc([C@@H]2CC(=O)N([C@H](C)C(=O)Nc3cccc(C)n3)C2)ccc1OC(F)F. The van der Waals surface area contributed by atoms with E-state index in [1.807, 2.05) is 13.0 Å². The topological polar surface area (TPSA) is 80.8 Å². The Hall–Kier alpha value is -3.23. The largest absolute Gasteiger partial charge is 0.490 e. The highest BCUT2D eigenvalue weighted by Gasteiger charge is 2.36. The Morgan fingerprint density at radius 3 is 2.74 bits per heavy atom. The second kappa shape index (κ2) is 9.72. The Labute approximate surface area is 179 Å². The van der Waals surface area contributed by atoms with Crippen molar-refractivity contribution in [2.75, 3.05) is 18.5 Å². The first-order chi connectivity index (χ1) is 14.8. The lowest BCUT2D eigenvalue weighted by Crippen LogP contribution is -2.43. The minimum atomic E-state index is -2.96. The summed E-state index contributed by atoms with van der Waals surface area (Å²) in [5.74, 6) is -0.114. The summed E-state index contributed by atoms with van der Waals surface area (Å²) in [7, 11) is 0. The molecule has 2 aromatic rings. The van der Waals surface area contributed by atoms with Crippen LogP contribution in [0.1, 0.15) is 37.4 Å². The van der Waals surface area contributed by atoms with Crippen molar-refractivity contribution in [1.82, 2.24) is 9.88 Å². The van der Waals surface area contributed by atoms with Crippen molar-refractivity contribution in [1.29, 1.82) is 0 Å². The predicted octanol–water partition coefficient (Wildman–Crippen LogP) is 3.73. The Balaban J connectivity index is 1.71. The maximum absolute atomic E-state index is 12.6. The molecule has 0 aliphatic carbocycles. The van der Waals surface area contributed by atoms with E-state index < -0.39 is 12.7 Å². The molecule has 1 aliphatic heterocycles. The van der Waals surface area contributed by atoms with E-state index in [1.165, 1.54) is 11.0 Å². The number of nitrogens with zero attached hydrogens (tertiary/aromatic N) is 2. The van der Waals surface area contributed by atoms with Crippen molar-refractivity contribution < 1.29 is 27.8 Å². The maximum Gasteiger partial charge on any atom is 0.387 e. The van der Waals surface area contributed by atoms with Crippen molar-refractivity contribution in [2.24, 2.45) is 0 Å². The predicted molar refractivity (Wildman–Crippen MR) is 110 cm³/mol. The fraction of sp³-hybridized carbons (Fsp3) is 0.409. The standard InChI is InChI=1S/C22H25F2N3O4/c1-4-30-18-10-15(8-9-17(18)31-22(23)24)16-11-20(28)27(12-16)14(3)21(29)26-19-7-5-6-13(2)25-19/h5-10,14,16,22H,4,11-12H2,1-3H3,(H,25,26,29)/t14-,16-/m1/s1. The molecule has 1 N–H and O–H groups in total. The van der Waals surface area contributed by atoms with Crippen LogP contribution in [-0.4, -0.2) is 47.5 Å². The highest BCUT2D eigenvalue weighted by atomic mass is 19.3. The Morgan fingerprint density at radius 1 is 1.29 bits per heavy atom. The number of aryl methyl sites for hydroxylation is 1. The first kappa shape index (κ1) is 22.5. The molecule has 0 radical (unpaired) electrons. The Kier molecular flexibility index (Phi) is 7.04. The number of carbonyl (C=O) groups excluding carboxylic acids is 2. The highest BCUT2D eigenvalue weighted by Crippen LogP contribution is 2.36. The van der Waals surface area contributed by atoms with Gasteiger partial charge in [-0.2, -0.15) is 8.78 Å². The number of amides is 2. The number of pyridine rings is 1. The van der Waals surface area contributed by atoms with Gasteiger partial charge in [0.1, 0.15) is 11.9 Å². The number of carbonyl (C=O) groups is 2. The minimum absolute atomic E-state index is 0.0554. The van der Waals surface area contributed by atoms with Gasteiger partial charge in [-0.3, -0.25) is 9.59 Å². The van der Waals surface area contributed by atoms with Gasteiger partial charge in [-0.15, -0.1) is 0 Å². The lowest BCUT2D eigenvalue weighted by atomic mass is 9.98. The number of halogens is 2. The van der Waals surface area contributed by atoms with Crippen LogP contribution >= 0.6 is 0 Å². The van der Waals surface area contributed by atoms with Gasteiger partial charge in [-0.25, -0.2) is 4.98 Å². The molecule has 7 nitrogen and oxygen atoms in total. The zero-order valence-electron chi connectivity index (χ0n) is 17.6. The third-order valence-electron chi connectivity index (χ3n) is 5.10. The van der Waals surface area contributed by atoms with Crippen LogP contribution in [0.15, 0.2) is 36.4 Å². The van der Waals surface area contributed by atoms with Gasteiger partial charge in [0.05, 0.1) is 6.61 Å². The summed E-state index contributed by atoms with van der Waals surface area (Å²) in [6.45, 7) is 2.87. The number of alkyl halides is 2. The van der Waals surface area contributed by atoms with Crippen LogP contribution in [-0.2, 0) is 9.59 Å². The van der Waals surface area contributed by atoms with E-state index in [-0.39, 0.29) is 42.3 Å². The number of anilines is 1. The van der Waals surface area contributed by atoms with Gasteiger partial charge in [-0.1, -0.05) is 12.1 Å². The van der Waals surface area contributed by atoms with Crippen molar-refractivity contribution in [3.63, 3.8) is 0 Å². The quantitative estimate of drug-likeness (QED) is 0.686. The number of aromatic nitrogens is 1. The summed E-state index contributed by atoms with van der Waals surface area (Å²) >= 11 is 0. The summed E-state index contributed by atoms with van der Waals surface area (Å²) in [5, 5.41) is 2.73. The molecule has 1 saturated heterocycles. The summed E-state index contributed by atoms with van der Waals surface area (Å²) in [6.07, 6.45) is 0.209. The normalized spacial score (nSPS) is 17.0. The van der Waals surface area contributed by atoms with Crippen LogP contribution in [0.2, 0.25) is 0 Å². The second-order valence-electron chi connectivity index (χ2n) is 7.29. The maximum atomic E-state index is 12.6. The number of benzene rings is 1. The molecule has 2 amide bonds. The van der Waals surface area contributed by atoms with Gasteiger partial charge >= 0.3 is 6.61 Å². The fourth-order valence-electron chi connectivity index (χ4n) is 3.55. The average Bonchev–Trinajstić information content (AvgIpc) is 3.10. The van der Waals surface area contributed by atoms with E-state index in [9.17, 15) is 18.4 Å². The average molecular weight is 433 g/mol. The van der Waals surface area contributed by atoms with Gasteiger partial charge < -0.3 is 19.7 Å². The summed E-state index contributed by atoms with van der Waals surface area (Å²) in [6, 6.07) is 9.28. The van der Waals surface area contributed by atoms with Crippen LogP contribution in [0.4, 0.5) is 14.6 Å². The monoisotopic (exact) mass is 433 g/mol. The first-order valence-electron chi connectivity index (χ1n) is 10.0. The number of hydrogen-bond donors (Lipinski definition) is 1. The van der Waals surface area contributed by atoms with E-state index in [4.69, 9.17) is 4.74 Å². The van der Waals surface area contributed by atoms with Crippen LogP contribution in [0.25, 0.3) is 0 Å². The van der Waals surface area contributed by atoms with Crippen LogP contribution in [0.5, 0.6) is 11.5 Å². The molecular weight excluding hydrogens is 408 g/mol. The van der Waals surface area contributed by atoms with Crippen LogP contribution < -0.4 is 14.8 Å². The molecule has 166 valence electrons. The number of hydrogen-bond acceptors (Lipinski definition) is 5. The minimum Gasteiger partial charge on any atom is -0.490 e. The molecule has 31 heavy (non-hydrogen) atoms. The number of likely N-dealkylation sites (tertiary alicyclic amines) is 1. The van der Waals surface area contributed by atoms with E-state index in [1.54, 1.807) is 38.1 Å². The number of nitrogens with one attached hydrogen (secondary N) is 1. The smallest absolute Gasteiger partial charge is 0.387 e. The van der Waals surface area contributed by atoms with Crippen LogP contribution in [0, 0.1) is 6.92 Å². The lowest BCUT2D eigenvalue weighted by molar-refractivity contribution is -0.134. The van der Waals surface area contributed by atoms with Gasteiger partial charge in [0.15, 0.2) is 11.5 Å². The molecule has 9 heteroatoms. The van der Waals surface area contributed by atoms with Gasteiger partial charge in [-0.05, 0) is 50.6 Å². The molecule has 0 spiro atoms. The molecule has 1 fully saturated rings. The molecule has 1 aromatic heterocycles. The molecule has 0 bridgehead atoms. The highest BCUT2D eigenvalue weighted by molar-refractivity contribution is 5.96. The summed E-state index contributed by atoms with van der Waals surface area (Å²) in [5.41, 5.74) is 1.53. The molecule has 0 saturated carbocycles. The van der Waals surface area contributed by atoms with Gasteiger partial charge in [0.25, 0.3) is 0 Å². The lowest BCUT2D eigenvalue weighted by Gasteiger charge is -2.24. The second-order valence-corrected chi connectivity index (χ2v) is 7.29. The molecule has 1 aromatic carbocycles. The number of ether oxygens (including phenoxy) is 2. The van der Waals surface area contributed by atoms with E-state index in [0.717, 1.165) is 11.3 Å². The fourth-order valence-corrected chi connectivity index (χ4v) is 3.55. The molecule has 2 atom stereocenters. The van der Waals surface area contributed by atoms with Gasteiger partial charge in [0.2, 0.25) is 11.8 Å². The van der Waals surface area contributed by atoms with Crippen LogP contribution in [0.3, 0.4) is 0 Å². The Morgan fingerprint density at radius 2 is 2.06 bits per heavy atom. The van der Waals surface area contributed by atoms with Crippen molar-refractivity contribution >= 4 is 17.6 Å². The van der Waals surface area contributed by atoms with Gasteiger partial charge in [0, 0.05) is 24.6 Å². The Bertz CT molecular complexity index is 954. The van der Waals surface area contributed by atoms with Crippen molar-refractivity contribution in [2.45, 2.75) is 45.8 Å². The third-order valence-corrected chi connectivity index (χ3v) is 5.10. The zero-order chi connectivity index (χ0) is 22.5. The number of rotatable bonds is 8. The molecule has 1 aliphatic rings. The molecule has 3 rings (SSSR count). The first-order valence-corrected chi connectivity index (χ1v) is 10.0. The zero-order valence-corrected chi connectivity index (χ0v) is 17.6. The molecule has 2 heterocycles. The molecular formula is C22H25F2N3O4. The summed E-state index contributed by atoms with van der Waals surface area (Å²) < 4.78 is 35.2. The third kappa shape index (κ3) is 5.48. The van der Waals surface area contributed by atoms with E-state index in [2.05, 4.69) is 15.0 Å². The van der Waals surface area contributed by atoms with Crippen molar-refractivity contribution in [3.8, 4) is 11.5 Å². The van der Waals surface area contributed by atoms with E-state index >= 15 is 0 Å².